The van der Waals surface area contributed by atoms with Gasteiger partial charge in [-0.15, -0.1) is 11.3 Å². The molecule has 0 aliphatic heterocycles. The minimum atomic E-state index is -0.488. The number of rotatable bonds is 8. The summed E-state index contributed by atoms with van der Waals surface area (Å²) in [5, 5.41) is 9.80. The molecule has 3 rings (SSSR count). The lowest BCUT2D eigenvalue weighted by atomic mass is 10.1. The molecule has 0 bridgehead atoms. The van der Waals surface area contributed by atoms with E-state index in [2.05, 4.69) is 15.8 Å². The highest BCUT2D eigenvalue weighted by Crippen LogP contribution is 2.39. The monoisotopic (exact) mass is 441 g/mol. The molecule has 0 atom stereocenters. The molecule has 0 fully saturated rings. The van der Waals surface area contributed by atoms with Crippen LogP contribution >= 0.6 is 11.3 Å². The first-order valence-corrected chi connectivity index (χ1v) is 10.2. The molecule has 8 nitrogen and oxygen atoms in total. The molecule has 2 aromatic carbocycles. The third kappa shape index (κ3) is 4.77. The largest absolute Gasteiger partial charge is 0.493 e. The van der Waals surface area contributed by atoms with Crippen molar-refractivity contribution in [2.24, 2.45) is 5.10 Å². The van der Waals surface area contributed by atoms with Gasteiger partial charge in [-0.1, -0.05) is 18.2 Å². The molecular weight excluding hydrogens is 418 g/mol. The summed E-state index contributed by atoms with van der Waals surface area (Å²) in [5.74, 6) is 0.00634. The van der Waals surface area contributed by atoms with E-state index in [-0.39, 0.29) is 17.9 Å². The number of fused-ring (bicyclic) bond motifs is 1. The van der Waals surface area contributed by atoms with Crippen LogP contribution in [0.2, 0.25) is 0 Å². The molecule has 2 amide bonds. The number of hydrogen-bond donors (Lipinski definition) is 2. The number of thiophene rings is 1. The highest BCUT2D eigenvalue weighted by molar-refractivity contribution is 7.17. The van der Waals surface area contributed by atoms with Crippen molar-refractivity contribution in [2.75, 3.05) is 27.9 Å². The maximum atomic E-state index is 12.6. The van der Waals surface area contributed by atoms with E-state index in [0.717, 1.165) is 15.6 Å². The summed E-state index contributed by atoms with van der Waals surface area (Å²) in [4.78, 5) is 24.8. The zero-order chi connectivity index (χ0) is 22.4. The summed E-state index contributed by atoms with van der Waals surface area (Å²) in [6.07, 6.45) is 0. The SMILES string of the molecule is COc1ccc(C(=O)NCC(=O)NN=C(C)c2csc3ccccc23)c(OC)c1OC. The fourth-order valence-corrected chi connectivity index (χ4v) is 4.04. The van der Waals surface area contributed by atoms with Crippen molar-refractivity contribution in [1.29, 1.82) is 0 Å². The number of nitrogens with zero attached hydrogens (tertiary/aromatic N) is 1. The number of methoxy groups -OCH3 is 3. The smallest absolute Gasteiger partial charge is 0.259 e. The topological polar surface area (TPSA) is 98.2 Å². The van der Waals surface area contributed by atoms with E-state index in [1.54, 1.807) is 17.4 Å². The first-order chi connectivity index (χ1) is 15.0. The molecule has 0 spiro atoms. The Morgan fingerprint density at radius 2 is 1.71 bits per heavy atom. The van der Waals surface area contributed by atoms with Gasteiger partial charge in [0.1, 0.15) is 0 Å². The fraction of sp³-hybridized carbons (Fsp3) is 0.227. The van der Waals surface area contributed by atoms with Crippen LogP contribution in [0.15, 0.2) is 46.9 Å². The average Bonchev–Trinajstić information content (AvgIpc) is 3.24. The predicted molar refractivity (Wildman–Crippen MR) is 121 cm³/mol. The molecule has 0 radical (unpaired) electrons. The molecule has 3 aromatic rings. The lowest BCUT2D eigenvalue weighted by Gasteiger charge is -2.15. The number of amides is 2. The fourth-order valence-electron chi connectivity index (χ4n) is 3.04. The second-order valence-corrected chi connectivity index (χ2v) is 7.35. The second-order valence-electron chi connectivity index (χ2n) is 6.44. The van der Waals surface area contributed by atoms with Gasteiger partial charge in [0, 0.05) is 21.0 Å². The molecule has 162 valence electrons. The number of hydrazone groups is 1. The number of carbonyl (C=O) groups is 2. The summed E-state index contributed by atoms with van der Waals surface area (Å²) < 4.78 is 16.9. The first-order valence-electron chi connectivity index (χ1n) is 9.37. The van der Waals surface area contributed by atoms with Gasteiger partial charge in [-0.25, -0.2) is 5.43 Å². The van der Waals surface area contributed by atoms with Gasteiger partial charge >= 0.3 is 0 Å². The number of ether oxygens (including phenoxy) is 3. The standard InChI is InChI=1S/C22H23N3O5S/c1-13(16-12-31-18-8-6-5-7-14(16)18)24-25-19(26)11-23-22(27)15-9-10-17(28-2)21(30-4)20(15)29-3/h5-10,12H,11H2,1-4H3,(H,23,27)(H,25,26). The molecule has 0 aliphatic carbocycles. The molecule has 31 heavy (non-hydrogen) atoms. The van der Waals surface area contributed by atoms with Gasteiger partial charge in [0.05, 0.1) is 39.1 Å². The third-order valence-corrected chi connectivity index (χ3v) is 5.54. The van der Waals surface area contributed by atoms with Crippen LogP contribution in [-0.4, -0.2) is 45.4 Å². The molecule has 1 heterocycles. The Labute approximate surface area is 183 Å². The Bertz CT molecular complexity index is 1140. The van der Waals surface area contributed by atoms with Gasteiger partial charge in [-0.3, -0.25) is 9.59 Å². The lowest BCUT2D eigenvalue weighted by molar-refractivity contribution is -0.120. The van der Waals surface area contributed by atoms with Crippen LogP contribution in [-0.2, 0) is 4.79 Å². The minimum absolute atomic E-state index is 0.220. The Morgan fingerprint density at radius 1 is 0.968 bits per heavy atom. The van der Waals surface area contributed by atoms with Crippen LogP contribution in [0.1, 0.15) is 22.8 Å². The van der Waals surface area contributed by atoms with E-state index >= 15 is 0 Å². The summed E-state index contributed by atoms with van der Waals surface area (Å²) in [7, 11) is 4.36. The van der Waals surface area contributed by atoms with Crippen molar-refractivity contribution in [3.8, 4) is 17.2 Å². The number of hydrogen-bond acceptors (Lipinski definition) is 7. The van der Waals surface area contributed by atoms with Gasteiger partial charge in [0.15, 0.2) is 11.5 Å². The Kier molecular flexibility index (Phi) is 7.09. The van der Waals surface area contributed by atoms with Crippen molar-refractivity contribution in [1.82, 2.24) is 10.7 Å². The van der Waals surface area contributed by atoms with Gasteiger partial charge in [0.2, 0.25) is 5.75 Å². The molecule has 0 unspecified atom stereocenters. The normalized spacial score (nSPS) is 11.2. The van der Waals surface area contributed by atoms with Crippen LogP contribution in [0, 0.1) is 0 Å². The maximum absolute atomic E-state index is 12.6. The first kappa shape index (κ1) is 22.1. The number of benzene rings is 2. The van der Waals surface area contributed by atoms with Crippen LogP contribution in [0.4, 0.5) is 0 Å². The van der Waals surface area contributed by atoms with Gasteiger partial charge in [-0.05, 0) is 25.1 Å². The summed E-state index contributed by atoms with van der Waals surface area (Å²) in [6.45, 7) is 1.57. The molecular formula is C22H23N3O5S. The van der Waals surface area contributed by atoms with E-state index in [4.69, 9.17) is 14.2 Å². The summed E-state index contributed by atoms with van der Waals surface area (Å²) in [6, 6.07) is 11.1. The van der Waals surface area contributed by atoms with Crippen molar-refractivity contribution in [3.05, 3.63) is 52.9 Å². The second kappa shape index (κ2) is 9.94. The maximum Gasteiger partial charge on any atom is 0.259 e. The van der Waals surface area contributed by atoms with Crippen LogP contribution < -0.4 is 25.0 Å². The third-order valence-electron chi connectivity index (χ3n) is 4.58. The van der Waals surface area contributed by atoms with Crippen LogP contribution in [0.5, 0.6) is 17.2 Å². The van der Waals surface area contributed by atoms with E-state index < -0.39 is 11.8 Å². The Balaban J connectivity index is 1.64. The average molecular weight is 442 g/mol. The van der Waals surface area contributed by atoms with Crippen molar-refractivity contribution < 1.29 is 23.8 Å². The number of carbonyl (C=O) groups excluding carboxylic acids is 2. The zero-order valence-corrected chi connectivity index (χ0v) is 18.5. The van der Waals surface area contributed by atoms with Crippen LogP contribution in [0.25, 0.3) is 10.1 Å². The molecule has 9 heteroatoms. The van der Waals surface area contributed by atoms with Crippen molar-refractivity contribution >= 4 is 38.9 Å². The Morgan fingerprint density at radius 3 is 2.42 bits per heavy atom. The highest BCUT2D eigenvalue weighted by atomic mass is 32.1. The van der Waals surface area contributed by atoms with Gasteiger partial charge in [-0.2, -0.15) is 5.10 Å². The zero-order valence-electron chi connectivity index (χ0n) is 17.6. The lowest BCUT2D eigenvalue weighted by Crippen LogP contribution is -2.35. The molecule has 2 N–H and O–H groups in total. The van der Waals surface area contributed by atoms with Crippen molar-refractivity contribution in [3.63, 3.8) is 0 Å². The van der Waals surface area contributed by atoms with Gasteiger partial charge < -0.3 is 19.5 Å². The molecule has 0 saturated carbocycles. The summed E-state index contributed by atoms with van der Waals surface area (Å²) >= 11 is 1.62. The Hall–Kier alpha value is -3.59. The quantitative estimate of drug-likeness (QED) is 0.413. The summed E-state index contributed by atoms with van der Waals surface area (Å²) in [5.41, 5.74) is 4.33. The van der Waals surface area contributed by atoms with E-state index in [9.17, 15) is 9.59 Å². The van der Waals surface area contributed by atoms with E-state index in [0.29, 0.717) is 17.2 Å². The molecule has 0 aliphatic rings. The van der Waals surface area contributed by atoms with Gasteiger partial charge in [0.25, 0.3) is 11.8 Å². The van der Waals surface area contributed by atoms with E-state index in [1.807, 2.05) is 36.6 Å². The molecule has 1 aromatic heterocycles. The number of nitrogens with one attached hydrogen (secondary N) is 2. The minimum Gasteiger partial charge on any atom is -0.493 e. The predicted octanol–water partition coefficient (Wildman–Crippen LogP) is 3.20. The van der Waals surface area contributed by atoms with Crippen LogP contribution in [0.3, 0.4) is 0 Å². The molecule has 0 saturated heterocycles. The van der Waals surface area contributed by atoms with E-state index in [1.165, 1.54) is 27.4 Å². The van der Waals surface area contributed by atoms with Crippen molar-refractivity contribution in [2.45, 2.75) is 6.92 Å². The highest BCUT2D eigenvalue weighted by Gasteiger charge is 2.21.